The minimum atomic E-state index is -0.402. The third-order valence-electron chi connectivity index (χ3n) is 4.14. The van der Waals surface area contributed by atoms with Crippen molar-refractivity contribution in [1.29, 1.82) is 0 Å². The summed E-state index contributed by atoms with van der Waals surface area (Å²) in [6.45, 7) is 4.43. The largest absolute Gasteiger partial charge is 0.348 e. The number of rotatable bonds is 4. The molecule has 0 spiro atoms. The number of benzene rings is 1. The maximum absolute atomic E-state index is 12.8. The van der Waals surface area contributed by atoms with E-state index in [-0.39, 0.29) is 17.8 Å². The Kier molecular flexibility index (Phi) is 5.53. The van der Waals surface area contributed by atoms with E-state index < -0.39 is 5.91 Å². The molecule has 0 atom stereocenters. The second-order valence-electron chi connectivity index (χ2n) is 6.55. The number of aromatic nitrogens is 2. The molecule has 2 N–H and O–H groups in total. The number of hydrogen-bond acceptors (Lipinski definition) is 3. The van der Waals surface area contributed by atoms with E-state index in [4.69, 9.17) is 23.2 Å². The maximum atomic E-state index is 12.8. The quantitative estimate of drug-likeness (QED) is 0.824. The molecule has 0 unspecified atom stereocenters. The molecular weight excluding hydrogens is 375 g/mol. The number of nitrogens with zero attached hydrogens (tertiary/aromatic N) is 2. The van der Waals surface area contributed by atoms with E-state index in [9.17, 15) is 9.59 Å². The van der Waals surface area contributed by atoms with Gasteiger partial charge in [-0.05, 0) is 51.3 Å². The first-order valence-corrected chi connectivity index (χ1v) is 9.29. The Morgan fingerprint density at radius 2 is 1.96 bits per heavy atom. The van der Waals surface area contributed by atoms with Gasteiger partial charge in [0.1, 0.15) is 5.69 Å². The molecule has 0 saturated carbocycles. The molecule has 8 heteroatoms. The molecule has 0 saturated heterocycles. The highest BCUT2D eigenvalue weighted by molar-refractivity contribution is 6.36. The van der Waals surface area contributed by atoms with Gasteiger partial charge in [-0.1, -0.05) is 23.2 Å². The maximum Gasteiger partial charge on any atom is 0.291 e. The Morgan fingerprint density at radius 1 is 1.19 bits per heavy atom. The number of halogens is 2. The second kappa shape index (κ2) is 7.68. The van der Waals surface area contributed by atoms with Crippen molar-refractivity contribution in [2.75, 3.05) is 5.32 Å². The summed E-state index contributed by atoms with van der Waals surface area (Å²) in [7, 11) is 0. The molecule has 1 aromatic carbocycles. The van der Waals surface area contributed by atoms with E-state index in [2.05, 4.69) is 15.6 Å². The topological polar surface area (TPSA) is 76.0 Å². The van der Waals surface area contributed by atoms with Gasteiger partial charge in [0.2, 0.25) is 0 Å². The third kappa shape index (κ3) is 3.86. The molecule has 0 radical (unpaired) electrons. The Bertz CT molecular complexity index is 861. The number of nitrogens with one attached hydrogen (secondary N) is 2. The average molecular weight is 395 g/mol. The van der Waals surface area contributed by atoms with Crippen LogP contribution in [0.15, 0.2) is 18.2 Å². The highest BCUT2D eigenvalue weighted by Crippen LogP contribution is 2.27. The molecule has 1 aromatic heterocycles. The van der Waals surface area contributed by atoms with Gasteiger partial charge in [0.25, 0.3) is 11.8 Å². The normalized spacial score (nSPS) is 13.4. The molecule has 0 aliphatic carbocycles. The van der Waals surface area contributed by atoms with Crippen LogP contribution in [-0.4, -0.2) is 27.4 Å². The van der Waals surface area contributed by atoms with Crippen molar-refractivity contribution in [2.45, 2.75) is 45.7 Å². The summed E-state index contributed by atoms with van der Waals surface area (Å²) in [5, 5.41) is 6.42. The highest BCUT2D eigenvalue weighted by Gasteiger charge is 2.28. The van der Waals surface area contributed by atoms with Crippen LogP contribution in [0, 0.1) is 0 Å². The van der Waals surface area contributed by atoms with Crippen LogP contribution in [0.1, 0.15) is 53.5 Å². The number of amides is 2. The van der Waals surface area contributed by atoms with Crippen molar-refractivity contribution in [3.8, 4) is 0 Å². The van der Waals surface area contributed by atoms with E-state index in [1.807, 2.05) is 18.4 Å². The number of carbonyl (C=O) groups is 2. The Morgan fingerprint density at radius 3 is 2.65 bits per heavy atom. The Balaban J connectivity index is 1.92. The van der Waals surface area contributed by atoms with Crippen LogP contribution >= 0.6 is 23.2 Å². The van der Waals surface area contributed by atoms with Crippen LogP contribution in [0.3, 0.4) is 0 Å². The van der Waals surface area contributed by atoms with Gasteiger partial charge in [-0.2, -0.15) is 0 Å². The summed E-state index contributed by atoms with van der Waals surface area (Å²) in [6, 6.07) is 4.83. The predicted molar refractivity (Wildman–Crippen MR) is 102 cm³/mol. The molecule has 0 fully saturated rings. The van der Waals surface area contributed by atoms with E-state index in [0.717, 1.165) is 25.0 Å². The SMILES string of the molecule is CC(C)NC(=O)c1nc(C(=O)Nc2ccc(Cl)cc2Cl)n2c1CCCC2. The van der Waals surface area contributed by atoms with Gasteiger partial charge in [0.15, 0.2) is 5.82 Å². The lowest BCUT2D eigenvalue weighted by Gasteiger charge is -2.17. The van der Waals surface area contributed by atoms with Gasteiger partial charge in [-0.25, -0.2) is 4.98 Å². The van der Waals surface area contributed by atoms with Crippen LogP contribution in [-0.2, 0) is 13.0 Å². The van der Waals surface area contributed by atoms with Crippen LogP contribution in [0.25, 0.3) is 0 Å². The lowest BCUT2D eigenvalue weighted by molar-refractivity contribution is 0.0937. The zero-order valence-electron chi connectivity index (χ0n) is 14.6. The van der Waals surface area contributed by atoms with Gasteiger partial charge < -0.3 is 15.2 Å². The molecule has 3 rings (SSSR count). The zero-order valence-corrected chi connectivity index (χ0v) is 16.1. The van der Waals surface area contributed by atoms with Gasteiger partial charge in [0, 0.05) is 17.6 Å². The second-order valence-corrected chi connectivity index (χ2v) is 7.39. The fourth-order valence-electron chi connectivity index (χ4n) is 3.00. The molecule has 2 heterocycles. The monoisotopic (exact) mass is 394 g/mol. The van der Waals surface area contributed by atoms with Gasteiger partial charge in [-0.15, -0.1) is 0 Å². The number of anilines is 1. The van der Waals surface area contributed by atoms with E-state index in [0.29, 0.717) is 28.0 Å². The number of hydrogen-bond donors (Lipinski definition) is 2. The Hall–Kier alpha value is -2.05. The summed E-state index contributed by atoms with van der Waals surface area (Å²) in [5.41, 5.74) is 1.58. The standard InChI is InChI=1S/C18H20Cl2N4O2/c1-10(2)21-17(25)15-14-5-3-4-8-24(14)16(23-15)18(26)22-13-7-6-11(19)9-12(13)20/h6-7,9-10H,3-5,8H2,1-2H3,(H,21,25)(H,22,26). The first kappa shape index (κ1) is 18.7. The van der Waals surface area contributed by atoms with Gasteiger partial charge >= 0.3 is 0 Å². The van der Waals surface area contributed by atoms with Crippen LogP contribution in [0.4, 0.5) is 5.69 Å². The fourth-order valence-corrected chi connectivity index (χ4v) is 3.45. The Labute approximate surface area is 161 Å². The summed E-state index contributed by atoms with van der Waals surface area (Å²) in [5.74, 6) is -0.435. The first-order chi connectivity index (χ1) is 12.4. The van der Waals surface area contributed by atoms with Crippen LogP contribution in [0.5, 0.6) is 0 Å². The van der Waals surface area contributed by atoms with Crippen molar-refractivity contribution in [1.82, 2.24) is 14.9 Å². The predicted octanol–water partition coefficient (Wildman–Crippen LogP) is 3.92. The van der Waals surface area contributed by atoms with Crippen molar-refractivity contribution < 1.29 is 9.59 Å². The molecular formula is C18H20Cl2N4O2. The van der Waals surface area contributed by atoms with Crippen LogP contribution < -0.4 is 10.6 Å². The van der Waals surface area contributed by atoms with E-state index in [1.165, 1.54) is 0 Å². The highest BCUT2D eigenvalue weighted by atomic mass is 35.5. The molecule has 6 nitrogen and oxygen atoms in total. The smallest absolute Gasteiger partial charge is 0.291 e. The van der Waals surface area contributed by atoms with Crippen molar-refractivity contribution >= 4 is 40.7 Å². The summed E-state index contributed by atoms with van der Waals surface area (Å²) in [6.07, 6.45) is 2.64. The molecule has 2 amide bonds. The fraction of sp³-hybridized carbons (Fsp3) is 0.389. The van der Waals surface area contributed by atoms with Crippen molar-refractivity contribution in [3.05, 3.63) is 45.5 Å². The number of imidazole rings is 1. The molecule has 0 bridgehead atoms. The summed E-state index contributed by atoms with van der Waals surface area (Å²) < 4.78 is 1.83. The zero-order chi connectivity index (χ0) is 18.8. The first-order valence-electron chi connectivity index (χ1n) is 8.53. The molecule has 1 aliphatic heterocycles. The molecule has 26 heavy (non-hydrogen) atoms. The average Bonchev–Trinajstić information content (AvgIpc) is 2.96. The molecule has 1 aliphatic rings. The lowest BCUT2D eigenvalue weighted by Crippen LogP contribution is -2.31. The van der Waals surface area contributed by atoms with Crippen molar-refractivity contribution in [3.63, 3.8) is 0 Å². The summed E-state index contributed by atoms with van der Waals surface area (Å²) >= 11 is 12.0. The number of carbonyl (C=O) groups excluding carboxylic acids is 2. The minimum Gasteiger partial charge on any atom is -0.348 e. The van der Waals surface area contributed by atoms with Gasteiger partial charge in [0.05, 0.1) is 16.4 Å². The molecule has 2 aromatic rings. The van der Waals surface area contributed by atoms with E-state index >= 15 is 0 Å². The van der Waals surface area contributed by atoms with Gasteiger partial charge in [-0.3, -0.25) is 9.59 Å². The van der Waals surface area contributed by atoms with Crippen LogP contribution in [0.2, 0.25) is 10.0 Å². The molecule has 138 valence electrons. The van der Waals surface area contributed by atoms with E-state index in [1.54, 1.807) is 18.2 Å². The minimum absolute atomic E-state index is 0.00593. The summed E-state index contributed by atoms with van der Waals surface area (Å²) in [4.78, 5) is 29.6. The number of fused-ring (bicyclic) bond motifs is 1. The lowest BCUT2D eigenvalue weighted by atomic mass is 10.1. The third-order valence-corrected chi connectivity index (χ3v) is 4.68. The van der Waals surface area contributed by atoms with Crippen molar-refractivity contribution in [2.24, 2.45) is 0 Å².